The van der Waals surface area contributed by atoms with Crippen LogP contribution in [0.15, 0.2) is 9.72 Å². The quantitative estimate of drug-likeness (QED) is 0.571. The Balaban J connectivity index is 2.59. The molecule has 98 valence electrons. The third-order valence-corrected chi connectivity index (χ3v) is 4.93. The number of thioether (sulfide) groups is 1. The maximum absolute atomic E-state index is 11.5. The molecule has 1 aromatic rings. The van der Waals surface area contributed by atoms with Crippen LogP contribution >= 0.6 is 23.1 Å². The van der Waals surface area contributed by atoms with Gasteiger partial charge in [0, 0.05) is 5.25 Å². The molecule has 0 aliphatic rings. The number of hydrogen-bond donors (Lipinski definition) is 0. The van der Waals surface area contributed by atoms with Crippen LogP contribution in [0.5, 0.6) is 5.88 Å². The van der Waals surface area contributed by atoms with E-state index in [9.17, 15) is 8.42 Å². The normalized spacial score (nSPS) is 12.0. The molecule has 0 aliphatic heterocycles. The summed E-state index contributed by atoms with van der Waals surface area (Å²) >= 11 is 3.00. The second kappa shape index (κ2) is 6.61. The molecular formula is C10H17NO3S3. The molecule has 0 unspecified atom stereocenters. The molecule has 17 heavy (non-hydrogen) atoms. The highest BCUT2D eigenvalue weighted by atomic mass is 32.2. The molecule has 0 N–H and O–H groups in total. The van der Waals surface area contributed by atoms with E-state index < -0.39 is 10.1 Å². The Hall–Kier alpha value is -0.270. The second-order valence-electron chi connectivity index (χ2n) is 3.82. The Labute approximate surface area is 111 Å². The Morgan fingerprint density at radius 1 is 1.53 bits per heavy atom. The monoisotopic (exact) mass is 295 g/mol. The highest BCUT2D eigenvalue weighted by Gasteiger charge is 2.15. The first kappa shape index (κ1) is 14.8. The Morgan fingerprint density at radius 2 is 2.24 bits per heavy atom. The molecular weight excluding hydrogens is 278 g/mol. The highest BCUT2D eigenvalue weighted by molar-refractivity contribution is 8.01. The van der Waals surface area contributed by atoms with E-state index in [1.807, 2.05) is 6.92 Å². The first-order valence-electron chi connectivity index (χ1n) is 5.47. The van der Waals surface area contributed by atoms with Crippen molar-refractivity contribution in [3.63, 3.8) is 0 Å². The maximum Gasteiger partial charge on any atom is 0.310 e. The van der Waals surface area contributed by atoms with Crippen molar-refractivity contribution in [3.8, 4) is 5.88 Å². The first-order chi connectivity index (χ1) is 7.93. The van der Waals surface area contributed by atoms with E-state index in [-0.39, 0.29) is 11.6 Å². The van der Waals surface area contributed by atoms with Crippen molar-refractivity contribution in [2.45, 2.75) is 43.2 Å². The predicted molar refractivity (Wildman–Crippen MR) is 72.4 cm³/mol. The van der Waals surface area contributed by atoms with Gasteiger partial charge in [0.15, 0.2) is 4.34 Å². The van der Waals surface area contributed by atoms with Crippen molar-refractivity contribution in [2.75, 3.05) is 5.75 Å². The molecule has 0 bridgehead atoms. The number of nitrogens with zero attached hydrogens (tertiary/aromatic N) is 1. The molecule has 7 heteroatoms. The number of hydrogen-bond acceptors (Lipinski definition) is 6. The smallest absolute Gasteiger partial charge is 0.310 e. The van der Waals surface area contributed by atoms with Gasteiger partial charge in [-0.3, -0.25) is 0 Å². The predicted octanol–water partition coefficient (Wildman–Crippen LogP) is 3.15. The fraction of sp³-hybridized carbons (Fsp3) is 0.700. The maximum atomic E-state index is 11.5. The second-order valence-corrected chi connectivity index (χ2v) is 8.19. The van der Waals surface area contributed by atoms with Gasteiger partial charge in [0.25, 0.3) is 0 Å². The van der Waals surface area contributed by atoms with E-state index in [4.69, 9.17) is 4.18 Å². The van der Waals surface area contributed by atoms with Crippen LogP contribution in [0.1, 0.15) is 33.6 Å². The molecule has 1 aromatic heterocycles. The summed E-state index contributed by atoms with van der Waals surface area (Å²) in [6.07, 6.45) is 1.44. The summed E-state index contributed by atoms with van der Waals surface area (Å²) in [5.41, 5.74) is 0. The van der Waals surface area contributed by atoms with E-state index in [1.54, 1.807) is 17.1 Å². The van der Waals surface area contributed by atoms with E-state index in [0.29, 0.717) is 11.7 Å². The summed E-state index contributed by atoms with van der Waals surface area (Å²) in [6, 6.07) is 0. The van der Waals surface area contributed by atoms with Gasteiger partial charge in [-0.2, -0.15) is 13.4 Å². The van der Waals surface area contributed by atoms with Crippen LogP contribution in [0.2, 0.25) is 0 Å². The molecule has 0 fully saturated rings. The van der Waals surface area contributed by atoms with E-state index in [0.717, 1.165) is 10.8 Å². The molecule has 0 amide bonds. The van der Waals surface area contributed by atoms with Crippen LogP contribution < -0.4 is 4.18 Å². The van der Waals surface area contributed by atoms with Crippen LogP contribution in [-0.2, 0) is 10.1 Å². The SMILES string of the molecule is CCCCS(=O)(=O)Oc1csc(SC(C)C)n1. The minimum Gasteiger partial charge on any atom is -0.361 e. The minimum absolute atomic E-state index is 0.0493. The number of aromatic nitrogens is 1. The van der Waals surface area contributed by atoms with Gasteiger partial charge >= 0.3 is 10.1 Å². The van der Waals surface area contributed by atoms with Gasteiger partial charge in [-0.25, -0.2) is 0 Å². The van der Waals surface area contributed by atoms with E-state index in [2.05, 4.69) is 18.8 Å². The van der Waals surface area contributed by atoms with Gasteiger partial charge in [-0.05, 0) is 6.42 Å². The largest absolute Gasteiger partial charge is 0.361 e. The molecule has 0 atom stereocenters. The van der Waals surface area contributed by atoms with Gasteiger partial charge < -0.3 is 4.18 Å². The van der Waals surface area contributed by atoms with Gasteiger partial charge in [0.2, 0.25) is 5.88 Å². The van der Waals surface area contributed by atoms with Gasteiger partial charge in [-0.1, -0.05) is 39.0 Å². The fourth-order valence-corrected chi connectivity index (χ4v) is 4.10. The Bertz CT molecular complexity index is 439. The molecule has 0 aromatic carbocycles. The third-order valence-electron chi connectivity index (χ3n) is 1.76. The van der Waals surface area contributed by atoms with Crippen molar-refractivity contribution in [1.29, 1.82) is 0 Å². The molecule has 1 rings (SSSR count). The summed E-state index contributed by atoms with van der Waals surface area (Å²) in [5, 5.41) is 2.06. The fourth-order valence-electron chi connectivity index (χ4n) is 1.03. The number of thiazole rings is 1. The average Bonchev–Trinajstić information content (AvgIpc) is 2.60. The van der Waals surface area contributed by atoms with Crippen molar-refractivity contribution < 1.29 is 12.6 Å². The molecule has 0 aliphatic carbocycles. The van der Waals surface area contributed by atoms with E-state index in [1.165, 1.54) is 11.3 Å². The van der Waals surface area contributed by atoms with Crippen molar-refractivity contribution in [3.05, 3.63) is 5.38 Å². The molecule has 0 radical (unpaired) electrons. The van der Waals surface area contributed by atoms with Gasteiger partial charge in [0.1, 0.15) is 0 Å². The number of rotatable bonds is 7. The average molecular weight is 295 g/mol. The van der Waals surface area contributed by atoms with Crippen molar-refractivity contribution in [1.82, 2.24) is 4.98 Å². The molecule has 0 saturated heterocycles. The van der Waals surface area contributed by atoms with E-state index >= 15 is 0 Å². The first-order valence-corrected chi connectivity index (χ1v) is 8.81. The Morgan fingerprint density at radius 3 is 2.82 bits per heavy atom. The zero-order valence-corrected chi connectivity index (χ0v) is 12.6. The van der Waals surface area contributed by atoms with Crippen LogP contribution in [0, 0.1) is 0 Å². The lowest BCUT2D eigenvalue weighted by molar-refractivity contribution is 0.474. The lowest BCUT2D eigenvalue weighted by atomic mass is 10.4. The van der Waals surface area contributed by atoms with Crippen LogP contribution in [0.4, 0.5) is 0 Å². The van der Waals surface area contributed by atoms with Crippen LogP contribution in [0.3, 0.4) is 0 Å². The summed E-state index contributed by atoms with van der Waals surface area (Å²) in [5.74, 6) is 0.238. The molecule has 0 saturated carbocycles. The molecule has 1 heterocycles. The van der Waals surface area contributed by atoms with Crippen molar-refractivity contribution in [2.24, 2.45) is 0 Å². The van der Waals surface area contributed by atoms with Crippen LogP contribution in [-0.4, -0.2) is 24.4 Å². The molecule has 4 nitrogen and oxygen atoms in total. The Kier molecular flexibility index (Phi) is 5.75. The zero-order valence-electron chi connectivity index (χ0n) is 10.2. The lowest BCUT2D eigenvalue weighted by Gasteiger charge is -2.02. The molecule has 0 spiro atoms. The van der Waals surface area contributed by atoms with Gasteiger partial charge in [0.05, 0.1) is 11.1 Å². The van der Waals surface area contributed by atoms with Gasteiger partial charge in [-0.15, -0.1) is 11.3 Å². The van der Waals surface area contributed by atoms with Crippen molar-refractivity contribution >= 4 is 33.2 Å². The third kappa shape index (κ3) is 5.74. The number of unbranched alkanes of at least 4 members (excludes halogenated alkanes) is 1. The highest BCUT2D eigenvalue weighted by Crippen LogP contribution is 2.29. The lowest BCUT2D eigenvalue weighted by Crippen LogP contribution is -2.13. The summed E-state index contributed by atoms with van der Waals surface area (Å²) in [6.45, 7) is 6.06. The standard InChI is InChI=1S/C10H17NO3S3/c1-4-5-6-17(12,13)14-9-7-15-10(11-9)16-8(2)3/h7-8H,4-6H2,1-3H3. The van der Waals surface area contributed by atoms with Crippen LogP contribution in [0.25, 0.3) is 0 Å². The summed E-state index contributed by atoms with van der Waals surface area (Å²) in [7, 11) is -3.48. The summed E-state index contributed by atoms with van der Waals surface area (Å²) in [4.78, 5) is 4.12. The minimum atomic E-state index is -3.48. The summed E-state index contributed by atoms with van der Waals surface area (Å²) < 4.78 is 28.8. The zero-order chi connectivity index (χ0) is 12.9. The topological polar surface area (TPSA) is 56.3 Å².